The highest BCUT2D eigenvalue weighted by molar-refractivity contribution is 5.93. The van der Waals surface area contributed by atoms with Gasteiger partial charge in [-0.05, 0) is 35.9 Å². The molecule has 1 aromatic carbocycles. The van der Waals surface area contributed by atoms with Gasteiger partial charge in [-0.25, -0.2) is 15.0 Å². The molecule has 1 aliphatic rings. The van der Waals surface area contributed by atoms with Gasteiger partial charge >= 0.3 is 0 Å². The smallest absolute Gasteiger partial charge is 0.228 e. The lowest BCUT2D eigenvalue weighted by Crippen LogP contribution is -2.43. The molecule has 0 saturated carbocycles. The van der Waals surface area contributed by atoms with E-state index in [0.717, 1.165) is 43.1 Å². The van der Waals surface area contributed by atoms with Crippen LogP contribution in [-0.4, -0.2) is 59.1 Å². The van der Waals surface area contributed by atoms with Crippen LogP contribution in [0.15, 0.2) is 73.3 Å². The third kappa shape index (κ3) is 6.36. The van der Waals surface area contributed by atoms with E-state index in [-0.39, 0.29) is 12.3 Å². The van der Waals surface area contributed by atoms with Gasteiger partial charge in [0.25, 0.3) is 0 Å². The quantitative estimate of drug-likeness (QED) is 0.338. The maximum absolute atomic E-state index is 12.9. The molecule has 37 heavy (non-hydrogen) atoms. The number of rotatable bonds is 8. The molecule has 10 heteroatoms. The van der Waals surface area contributed by atoms with Crippen LogP contribution in [0.2, 0.25) is 0 Å². The molecule has 0 unspecified atom stereocenters. The predicted molar refractivity (Wildman–Crippen MR) is 143 cm³/mol. The standard InChI is InChI=1S/C27H28N8O2/c1-37-22-4-2-3-19(13-22)14-27(36)32-21-16-23(33-24(17-21)34-25-18-29-7-8-30-25)20-5-6-31-26(15-20)35-11-9-28-10-12-35/h2-8,13,15-18,28H,9-12,14H2,1H3,(H2,30,32,33,34,36). The largest absolute Gasteiger partial charge is 0.497 e. The molecule has 4 heterocycles. The van der Waals surface area contributed by atoms with Crippen molar-refractivity contribution in [3.63, 3.8) is 0 Å². The van der Waals surface area contributed by atoms with Crippen molar-refractivity contribution in [2.24, 2.45) is 0 Å². The molecule has 4 aromatic rings. The summed E-state index contributed by atoms with van der Waals surface area (Å²) in [6.07, 6.45) is 6.83. The van der Waals surface area contributed by atoms with Gasteiger partial charge in [-0.15, -0.1) is 0 Å². The van der Waals surface area contributed by atoms with Crippen LogP contribution in [0.4, 0.5) is 23.1 Å². The second kappa shape index (κ2) is 11.4. The Morgan fingerprint density at radius 1 is 1.03 bits per heavy atom. The highest BCUT2D eigenvalue weighted by Crippen LogP contribution is 2.27. The zero-order valence-electron chi connectivity index (χ0n) is 20.5. The minimum Gasteiger partial charge on any atom is -0.497 e. The number of hydrogen-bond donors (Lipinski definition) is 3. The number of anilines is 4. The monoisotopic (exact) mass is 496 g/mol. The van der Waals surface area contributed by atoms with Gasteiger partial charge in [0.05, 0.1) is 25.4 Å². The first-order valence-electron chi connectivity index (χ1n) is 12.1. The average Bonchev–Trinajstić information content (AvgIpc) is 2.94. The molecule has 0 aliphatic carbocycles. The lowest BCUT2D eigenvalue weighted by atomic mass is 10.1. The number of carbonyl (C=O) groups excluding carboxylic acids is 1. The van der Waals surface area contributed by atoms with Crippen LogP contribution in [0.25, 0.3) is 11.3 Å². The Bertz CT molecular complexity index is 1360. The van der Waals surface area contributed by atoms with Gasteiger partial charge < -0.3 is 25.6 Å². The first-order chi connectivity index (χ1) is 18.2. The van der Waals surface area contributed by atoms with Crippen LogP contribution >= 0.6 is 0 Å². The Morgan fingerprint density at radius 2 is 1.92 bits per heavy atom. The number of nitrogens with one attached hydrogen (secondary N) is 3. The fourth-order valence-corrected chi connectivity index (χ4v) is 4.13. The van der Waals surface area contributed by atoms with E-state index < -0.39 is 0 Å². The number of carbonyl (C=O) groups is 1. The first-order valence-corrected chi connectivity index (χ1v) is 12.1. The van der Waals surface area contributed by atoms with Crippen molar-refractivity contribution in [1.29, 1.82) is 0 Å². The molecule has 1 saturated heterocycles. The van der Waals surface area contributed by atoms with Crippen LogP contribution in [0.1, 0.15) is 5.56 Å². The number of ether oxygens (including phenoxy) is 1. The molecule has 0 spiro atoms. The summed E-state index contributed by atoms with van der Waals surface area (Å²) in [4.78, 5) is 32.9. The number of pyridine rings is 2. The normalized spacial score (nSPS) is 13.2. The number of aromatic nitrogens is 4. The number of benzene rings is 1. The SMILES string of the molecule is COc1cccc(CC(=O)Nc2cc(Nc3cnccn3)nc(-c3ccnc(N4CCNCC4)c3)c2)c1. The zero-order valence-corrected chi connectivity index (χ0v) is 20.5. The van der Waals surface area contributed by atoms with E-state index >= 15 is 0 Å². The molecule has 0 atom stereocenters. The molecule has 0 bridgehead atoms. The second-order valence-electron chi connectivity index (χ2n) is 8.56. The molecule has 10 nitrogen and oxygen atoms in total. The summed E-state index contributed by atoms with van der Waals surface area (Å²) in [5.41, 5.74) is 3.07. The van der Waals surface area contributed by atoms with E-state index in [9.17, 15) is 4.79 Å². The summed E-state index contributed by atoms with van der Waals surface area (Å²) in [5.74, 6) is 2.56. The summed E-state index contributed by atoms with van der Waals surface area (Å²) in [6.45, 7) is 3.63. The van der Waals surface area contributed by atoms with E-state index in [2.05, 4.69) is 35.8 Å². The average molecular weight is 497 g/mol. The number of hydrogen-bond acceptors (Lipinski definition) is 9. The lowest BCUT2D eigenvalue weighted by Gasteiger charge is -2.28. The third-order valence-corrected chi connectivity index (χ3v) is 5.91. The maximum Gasteiger partial charge on any atom is 0.228 e. The van der Waals surface area contributed by atoms with Crippen LogP contribution < -0.4 is 25.6 Å². The summed E-state index contributed by atoms with van der Waals surface area (Å²) < 4.78 is 5.27. The maximum atomic E-state index is 12.9. The number of piperazine rings is 1. The zero-order chi connectivity index (χ0) is 25.5. The van der Waals surface area contributed by atoms with Crippen molar-refractivity contribution in [3.8, 4) is 17.0 Å². The van der Waals surface area contributed by atoms with Crippen LogP contribution in [0, 0.1) is 0 Å². The molecular formula is C27H28N8O2. The summed E-state index contributed by atoms with van der Waals surface area (Å²) in [6, 6.07) is 15.1. The third-order valence-electron chi connectivity index (χ3n) is 5.91. The van der Waals surface area contributed by atoms with Crippen molar-refractivity contribution < 1.29 is 9.53 Å². The van der Waals surface area contributed by atoms with E-state index in [0.29, 0.717) is 28.8 Å². The van der Waals surface area contributed by atoms with E-state index in [1.54, 1.807) is 38.0 Å². The molecule has 188 valence electrons. The van der Waals surface area contributed by atoms with E-state index in [1.807, 2.05) is 42.5 Å². The van der Waals surface area contributed by atoms with E-state index in [4.69, 9.17) is 9.72 Å². The van der Waals surface area contributed by atoms with Crippen LogP contribution in [0.3, 0.4) is 0 Å². The summed E-state index contributed by atoms with van der Waals surface area (Å²) >= 11 is 0. The Morgan fingerprint density at radius 3 is 2.73 bits per heavy atom. The summed E-state index contributed by atoms with van der Waals surface area (Å²) in [7, 11) is 1.61. The van der Waals surface area contributed by atoms with E-state index in [1.165, 1.54) is 0 Å². The number of methoxy groups -OCH3 is 1. The van der Waals surface area contributed by atoms with Crippen molar-refractivity contribution in [2.75, 3.05) is 48.8 Å². The predicted octanol–water partition coefficient (Wildman–Crippen LogP) is 3.28. The minimum atomic E-state index is -0.146. The van der Waals surface area contributed by atoms with Gasteiger partial charge in [0.15, 0.2) is 0 Å². The van der Waals surface area contributed by atoms with Gasteiger partial charge in [0.1, 0.15) is 23.2 Å². The second-order valence-corrected chi connectivity index (χ2v) is 8.56. The Labute approximate surface area is 215 Å². The Balaban J connectivity index is 1.43. The van der Waals surface area contributed by atoms with Crippen molar-refractivity contribution >= 4 is 29.0 Å². The van der Waals surface area contributed by atoms with Crippen LogP contribution in [-0.2, 0) is 11.2 Å². The summed E-state index contributed by atoms with van der Waals surface area (Å²) in [5, 5.41) is 9.56. The molecule has 1 fully saturated rings. The fourth-order valence-electron chi connectivity index (χ4n) is 4.13. The van der Waals surface area contributed by atoms with Crippen molar-refractivity contribution in [1.82, 2.24) is 25.3 Å². The fraction of sp³-hybridized carbons (Fsp3) is 0.222. The Hall–Kier alpha value is -4.57. The van der Waals surface area contributed by atoms with Crippen molar-refractivity contribution in [3.05, 3.63) is 78.9 Å². The number of amides is 1. The minimum absolute atomic E-state index is 0.146. The van der Waals surface area contributed by atoms with Gasteiger partial charge in [0, 0.05) is 62.1 Å². The van der Waals surface area contributed by atoms with Gasteiger partial charge in [-0.3, -0.25) is 9.78 Å². The Kier molecular flexibility index (Phi) is 7.47. The number of nitrogens with zero attached hydrogens (tertiary/aromatic N) is 5. The highest BCUT2D eigenvalue weighted by Gasteiger charge is 2.14. The highest BCUT2D eigenvalue weighted by atomic mass is 16.5. The van der Waals surface area contributed by atoms with Crippen molar-refractivity contribution in [2.45, 2.75) is 6.42 Å². The molecular weight excluding hydrogens is 468 g/mol. The van der Waals surface area contributed by atoms with Gasteiger partial charge in [-0.1, -0.05) is 12.1 Å². The molecule has 1 amide bonds. The first kappa shape index (κ1) is 24.1. The topological polar surface area (TPSA) is 117 Å². The molecule has 3 N–H and O–H groups in total. The van der Waals surface area contributed by atoms with Gasteiger partial charge in [0.2, 0.25) is 5.91 Å². The lowest BCUT2D eigenvalue weighted by molar-refractivity contribution is -0.115. The van der Waals surface area contributed by atoms with Gasteiger partial charge in [-0.2, -0.15) is 0 Å². The molecule has 3 aromatic heterocycles. The van der Waals surface area contributed by atoms with Crippen LogP contribution in [0.5, 0.6) is 5.75 Å². The molecule has 0 radical (unpaired) electrons. The molecule has 1 aliphatic heterocycles. The molecule has 5 rings (SSSR count).